The number of nitrogens with zero attached hydrogens (tertiary/aromatic N) is 5. The first kappa shape index (κ1) is 27.1. The third-order valence-electron chi connectivity index (χ3n) is 6.33. The minimum atomic E-state index is -0.466. The number of nitro groups is 1. The highest BCUT2D eigenvalue weighted by Gasteiger charge is 2.28. The van der Waals surface area contributed by atoms with E-state index in [0.29, 0.717) is 47.9 Å². The summed E-state index contributed by atoms with van der Waals surface area (Å²) in [4.78, 5) is 43.1. The molecule has 0 spiro atoms. The van der Waals surface area contributed by atoms with Gasteiger partial charge in [-0.3, -0.25) is 30.0 Å². The second-order valence-corrected chi connectivity index (χ2v) is 11.2. The molecular formula is C27H30N6O4S. The summed E-state index contributed by atoms with van der Waals surface area (Å²) >= 11 is 1.35. The van der Waals surface area contributed by atoms with E-state index in [-0.39, 0.29) is 28.8 Å². The Bertz CT molecular complexity index is 1390. The molecule has 0 atom stereocenters. The smallest absolute Gasteiger partial charge is 0.276 e. The van der Waals surface area contributed by atoms with E-state index in [0.717, 1.165) is 10.7 Å². The van der Waals surface area contributed by atoms with Crippen LogP contribution >= 0.6 is 11.3 Å². The molecule has 1 aliphatic rings. The fraction of sp³-hybridized carbons (Fsp3) is 0.370. The summed E-state index contributed by atoms with van der Waals surface area (Å²) in [7, 11) is 0. The van der Waals surface area contributed by atoms with Crippen LogP contribution in [0, 0.1) is 17.0 Å². The van der Waals surface area contributed by atoms with Crippen molar-refractivity contribution >= 4 is 40.0 Å². The molecular weight excluding hydrogens is 504 g/mol. The molecule has 3 heterocycles. The van der Waals surface area contributed by atoms with Gasteiger partial charge in [0.25, 0.3) is 11.6 Å². The van der Waals surface area contributed by atoms with Crippen LogP contribution in [0.1, 0.15) is 71.8 Å². The Labute approximate surface area is 225 Å². The van der Waals surface area contributed by atoms with Gasteiger partial charge in [0.05, 0.1) is 21.7 Å². The summed E-state index contributed by atoms with van der Waals surface area (Å²) in [6.45, 7) is 9.00. The van der Waals surface area contributed by atoms with Gasteiger partial charge in [-0.25, -0.2) is 0 Å². The number of pyridine rings is 1. The van der Waals surface area contributed by atoms with Crippen molar-refractivity contribution < 1.29 is 14.5 Å². The van der Waals surface area contributed by atoms with Gasteiger partial charge in [-0.15, -0.1) is 10.2 Å². The minimum Gasteiger partial charge on any atom is -0.339 e. The van der Waals surface area contributed by atoms with Crippen molar-refractivity contribution in [1.82, 2.24) is 20.1 Å². The van der Waals surface area contributed by atoms with Crippen LogP contribution in [0.4, 0.5) is 10.8 Å². The van der Waals surface area contributed by atoms with Crippen LogP contribution in [0.15, 0.2) is 42.5 Å². The highest BCUT2D eigenvalue weighted by Crippen LogP contribution is 2.31. The molecule has 0 aliphatic carbocycles. The van der Waals surface area contributed by atoms with Crippen LogP contribution in [0.25, 0.3) is 6.08 Å². The van der Waals surface area contributed by atoms with E-state index in [2.05, 4.69) is 15.5 Å². The standard InChI is InChI=1S/C27H30N6O4S/c1-17-9-11-20(24(35)29-26-31-30-25(38-26)27(2,3)4)23(28-17)19-13-15-32(16-14-19)22(34)12-10-18-7-5-6-8-21(18)33(36)37/h5-12,19H,13-16H2,1-4H3,(H,29,31,35). The summed E-state index contributed by atoms with van der Waals surface area (Å²) < 4.78 is 0. The second-order valence-electron chi connectivity index (χ2n) is 10.3. The van der Waals surface area contributed by atoms with E-state index < -0.39 is 4.92 Å². The van der Waals surface area contributed by atoms with Crippen molar-refractivity contribution in [3.8, 4) is 0 Å². The van der Waals surface area contributed by atoms with Crippen LogP contribution in [-0.2, 0) is 10.2 Å². The summed E-state index contributed by atoms with van der Waals surface area (Å²) in [6, 6.07) is 9.90. The van der Waals surface area contributed by atoms with Gasteiger partial charge in [-0.2, -0.15) is 0 Å². The number of hydrogen-bond acceptors (Lipinski definition) is 8. The first-order valence-corrected chi connectivity index (χ1v) is 13.2. The number of aryl methyl sites for hydroxylation is 1. The maximum Gasteiger partial charge on any atom is 0.276 e. The van der Waals surface area contributed by atoms with Crippen molar-refractivity contribution in [3.63, 3.8) is 0 Å². The van der Waals surface area contributed by atoms with E-state index in [1.807, 2.05) is 33.8 Å². The van der Waals surface area contributed by atoms with Gasteiger partial charge in [-0.05, 0) is 44.0 Å². The second kappa shape index (κ2) is 11.2. The Hall–Kier alpha value is -3.99. The van der Waals surface area contributed by atoms with E-state index in [1.165, 1.54) is 29.6 Å². The largest absolute Gasteiger partial charge is 0.339 e. The lowest BCUT2D eigenvalue weighted by molar-refractivity contribution is -0.385. The Morgan fingerprint density at radius 2 is 1.84 bits per heavy atom. The van der Waals surface area contributed by atoms with Gasteiger partial charge in [0.15, 0.2) is 0 Å². The molecule has 10 nitrogen and oxygen atoms in total. The number of carbonyl (C=O) groups is 2. The molecule has 1 aliphatic heterocycles. The topological polar surface area (TPSA) is 131 Å². The average molecular weight is 535 g/mol. The van der Waals surface area contributed by atoms with Gasteiger partial charge in [0.1, 0.15) is 5.01 Å². The van der Waals surface area contributed by atoms with Gasteiger partial charge < -0.3 is 4.90 Å². The number of piperidine rings is 1. The zero-order valence-electron chi connectivity index (χ0n) is 21.8. The molecule has 198 valence electrons. The van der Waals surface area contributed by atoms with Crippen LogP contribution in [0.5, 0.6) is 0 Å². The first-order chi connectivity index (χ1) is 18.0. The summed E-state index contributed by atoms with van der Waals surface area (Å²) in [5.41, 5.74) is 2.19. The summed E-state index contributed by atoms with van der Waals surface area (Å²) in [5, 5.41) is 23.7. The van der Waals surface area contributed by atoms with Gasteiger partial charge in [-0.1, -0.05) is 44.2 Å². The van der Waals surface area contributed by atoms with Crippen LogP contribution in [0.2, 0.25) is 0 Å². The number of aromatic nitrogens is 3. The molecule has 0 saturated carbocycles. The molecule has 4 rings (SSSR count). The number of rotatable bonds is 6. The summed E-state index contributed by atoms with van der Waals surface area (Å²) in [5.74, 6) is -0.476. The van der Waals surface area contributed by atoms with Crippen molar-refractivity contribution in [2.45, 2.75) is 51.9 Å². The third kappa shape index (κ3) is 6.28. The van der Waals surface area contributed by atoms with Gasteiger partial charge >= 0.3 is 0 Å². The number of benzene rings is 1. The minimum absolute atomic E-state index is 0.0125. The quantitative estimate of drug-likeness (QED) is 0.264. The average Bonchev–Trinajstić information content (AvgIpc) is 3.36. The van der Waals surface area contributed by atoms with Crippen LogP contribution in [0.3, 0.4) is 0 Å². The lowest BCUT2D eigenvalue weighted by atomic mass is 9.89. The number of anilines is 1. The molecule has 38 heavy (non-hydrogen) atoms. The van der Waals surface area contributed by atoms with Crippen LogP contribution in [-0.4, -0.2) is 49.9 Å². The Morgan fingerprint density at radius 1 is 1.13 bits per heavy atom. The molecule has 1 saturated heterocycles. The van der Waals surface area contributed by atoms with Crippen molar-refractivity contribution in [3.05, 3.63) is 80.1 Å². The van der Waals surface area contributed by atoms with Gasteiger partial charge in [0.2, 0.25) is 11.0 Å². The lowest BCUT2D eigenvalue weighted by Crippen LogP contribution is -2.37. The van der Waals surface area contributed by atoms with E-state index in [4.69, 9.17) is 4.98 Å². The molecule has 3 aromatic rings. The van der Waals surface area contributed by atoms with E-state index in [1.54, 1.807) is 29.2 Å². The number of nitrogens with one attached hydrogen (secondary N) is 1. The fourth-order valence-corrected chi connectivity index (χ4v) is 5.05. The Morgan fingerprint density at radius 3 is 2.50 bits per heavy atom. The summed E-state index contributed by atoms with van der Waals surface area (Å²) in [6.07, 6.45) is 4.15. The highest BCUT2D eigenvalue weighted by atomic mass is 32.1. The van der Waals surface area contributed by atoms with Crippen molar-refractivity contribution in [1.29, 1.82) is 0 Å². The fourth-order valence-electron chi connectivity index (χ4n) is 4.26. The molecule has 0 radical (unpaired) electrons. The van der Waals surface area contributed by atoms with Crippen molar-refractivity contribution in [2.75, 3.05) is 18.4 Å². The number of carbonyl (C=O) groups excluding carboxylic acids is 2. The first-order valence-electron chi connectivity index (χ1n) is 12.4. The number of para-hydroxylation sites is 1. The zero-order chi connectivity index (χ0) is 27.4. The molecule has 0 bridgehead atoms. The molecule has 1 fully saturated rings. The third-order valence-corrected chi connectivity index (χ3v) is 7.59. The molecule has 0 unspecified atom stereocenters. The van der Waals surface area contributed by atoms with Crippen molar-refractivity contribution in [2.24, 2.45) is 0 Å². The zero-order valence-corrected chi connectivity index (χ0v) is 22.6. The number of nitro benzene ring substituents is 1. The number of likely N-dealkylation sites (tertiary alicyclic amines) is 1. The predicted molar refractivity (Wildman–Crippen MR) is 146 cm³/mol. The molecule has 11 heteroatoms. The molecule has 1 N–H and O–H groups in total. The predicted octanol–water partition coefficient (Wildman–Crippen LogP) is 5.12. The monoisotopic (exact) mass is 534 g/mol. The van der Waals surface area contributed by atoms with Crippen LogP contribution < -0.4 is 5.32 Å². The maximum atomic E-state index is 13.2. The maximum absolute atomic E-state index is 13.2. The normalized spacial score (nSPS) is 14.6. The lowest BCUT2D eigenvalue weighted by Gasteiger charge is -2.31. The Kier molecular flexibility index (Phi) is 7.96. The molecule has 1 aromatic carbocycles. The van der Waals surface area contributed by atoms with Gasteiger partial charge in [0, 0.05) is 42.3 Å². The SMILES string of the molecule is Cc1ccc(C(=O)Nc2nnc(C(C)(C)C)s2)c(C2CCN(C(=O)C=Cc3ccccc3[N+](=O)[O-])CC2)n1. The number of hydrogen-bond donors (Lipinski definition) is 1. The van der Waals surface area contributed by atoms with E-state index >= 15 is 0 Å². The molecule has 2 amide bonds. The molecule has 2 aromatic heterocycles. The number of amides is 2. The highest BCUT2D eigenvalue weighted by molar-refractivity contribution is 7.15. The van der Waals surface area contributed by atoms with E-state index in [9.17, 15) is 19.7 Å². The Balaban J connectivity index is 1.43.